The quantitative estimate of drug-likeness (QED) is 0.402. The summed E-state index contributed by atoms with van der Waals surface area (Å²) in [5, 5.41) is 9.39. The molecule has 7 nitrogen and oxygen atoms in total. The number of aromatic nitrogens is 2. The summed E-state index contributed by atoms with van der Waals surface area (Å²) in [5.74, 6) is 0.206. The average molecular weight is 508 g/mol. The summed E-state index contributed by atoms with van der Waals surface area (Å²) in [5.41, 5.74) is 7.39. The second kappa shape index (κ2) is 9.28. The summed E-state index contributed by atoms with van der Waals surface area (Å²) in [6.07, 6.45) is 5.04. The zero-order valence-electron chi connectivity index (χ0n) is 20.7. The van der Waals surface area contributed by atoms with Crippen LogP contribution >= 0.6 is 0 Å². The number of nitrogens with one attached hydrogen (secondary N) is 1. The molecule has 3 aliphatic heterocycles. The second-order valence-electron chi connectivity index (χ2n) is 10.1. The van der Waals surface area contributed by atoms with Crippen LogP contribution in [0.3, 0.4) is 0 Å². The number of morpholine rings is 1. The van der Waals surface area contributed by atoms with Crippen molar-refractivity contribution in [3.8, 4) is 11.9 Å². The highest BCUT2D eigenvalue weighted by Crippen LogP contribution is 2.38. The molecule has 2 fully saturated rings. The van der Waals surface area contributed by atoms with Gasteiger partial charge in [-0.2, -0.15) is 5.26 Å². The normalized spacial score (nSPS) is 22.4. The van der Waals surface area contributed by atoms with Crippen LogP contribution in [0, 0.1) is 17.3 Å². The molecule has 1 aromatic heterocycles. The van der Waals surface area contributed by atoms with Crippen molar-refractivity contribution in [3.05, 3.63) is 94.4 Å². The second-order valence-corrected chi connectivity index (χ2v) is 10.1. The summed E-state index contributed by atoms with van der Waals surface area (Å²) >= 11 is 0. The van der Waals surface area contributed by atoms with Crippen molar-refractivity contribution in [2.75, 3.05) is 26.3 Å². The van der Waals surface area contributed by atoms with Crippen molar-refractivity contribution in [1.29, 1.82) is 5.26 Å². The van der Waals surface area contributed by atoms with Gasteiger partial charge in [0.1, 0.15) is 18.2 Å². The number of hydrogen-bond acceptors (Lipinski definition) is 5. The zero-order valence-corrected chi connectivity index (χ0v) is 20.7. The molecule has 1 N–H and O–H groups in total. The fourth-order valence-electron chi connectivity index (χ4n) is 6.11. The van der Waals surface area contributed by atoms with Gasteiger partial charge in [-0.3, -0.25) is 4.90 Å². The van der Waals surface area contributed by atoms with Gasteiger partial charge in [-0.25, -0.2) is 4.39 Å². The molecular formula is C30H26FN5O2. The molecule has 7 rings (SSSR count). The van der Waals surface area contributed by atoms with Crippen LogP contribution in [0.2, 0.25) is 0 Å². The van der Waals surface area contributed by atoms with E-state index in [2.05, 4.69) is 49.8 Å². The van der Waals surface area contributed by atoms with Gasteiger partial charge in [-0.05, 0) is 59.0 Å². The van der Waals surface area contributed by atoms with Crippen LogP contribution in [-0.4, -0.2) is 46.8 Å². The third kappa shape index (κ3) is 3.92. The number of aromatic amines is 1. The van der Waals surface area contributed by atoms with E-state index in [9.17, 15) is 9.65 Å². The Labute approximate surface area is 219 Å². The van der Waals surface area contributed by atoms with E-state index >= 15 is 0 Å². The Morgan fingerprint density at radius 2 is 2.00 bits per heavy atom. The third-order valence-corrected chi connectivity index (χ3v) is 7.85. The number of hydrogen-bond donors (Lipinski definition) is 1. The molecule has 8 heteroatoms. The van der Waals surface area contributed by atoms with E-state index in [1.54, 1.807) is 6.07 Å². The minimum atomic E-state index is -0.324. The Bertz CT molecular complexity index is 1680. The maximum absolute atomic E-state index is 14.1. The molecule has 2 atom stereocenters. The molecule has 0 spiro atoms. The van der Waals surface area contributed by atoms with E-state index in [-0.39, 0.29) is 11.9 Å². The molecule has 190 valence electrons. The molecule has 3 aliphatic rings. The van der Waals surface area contributed by atoms with E-state index in [0.717, 1.165) is 71.6 Å². The number of nitrogens with zero attached hydrogens (tertiary/aromatic N) is 4. The van der Waals surface area contributed by atoms with Crippen molar-refractivity contribution in [2.24, 2.45) is 4.99 Å². The number of H-pyrrole nitrogens is 1. The average Bonchev–Trinajstić information content (AvgIpc) is 3.47. The maximum Gasteiger partial charge on any atom is 0.219 e. The zero-order chi connectivity index (χ0) is 25.6. The fourth-order valence-corrected chi connectivity index (χ4v) is 6.11. The molecule has 0 saturated carbocycles. The minimum Gasteiger partial charge on any atom is -0.488 e. The number of ether oxygens (including phenoxy) is 2. The maximum atomic E-state index is 14.1. The third-order valence-electron chi connectivity index (χ3n) is 7.85. The van der Waals surface area contributed by atoms with Gasteiger partial charge >= 0.3 is 0 Å². The Hall–Kier alpha value is -4.19. The molecule has 0 unspecified atom stereocenters. The van der Waals surface area contributed by atoms with Gasteiger partial charge in [-0.15, -0.1) is 4.99 Å². The standard InChI is InChI=1S/C30H26FN5O2/c31-21-6-7-25-26(24-4-2-1-3-20(24)16-38-29(25)13-21)11-19-5-8-28-27(12-19)34-30(33-18-32)36(28)22-14-23-17-37-10-9-35(23)15-22/h1-8,11-13,22-23H,9-10,14-17H2,(H,33,34)/b26-11+/t22-,23+/m0/s1. The number of nitriles is 1. The first-order valence-corrected chi connectivity index (χ1v) is 12.9. The van der Waals surface area contributed by atoms with Crippen LogP contribution in [0.15, 0.2) is 65.7 Å². The van der Waals surface area contributed by atoms with Gasteiger partial charge < -0.3 is 19.0 Å². The first-order chi connectivity index (χ1) is 18.7. The van der Waals surface area contributed by atoms with Crippen LogP contribution in [0.5, 0.6) is 5.75 Å². The highest BCUT2D eigenvalue weighted by Gasteiger charge is 2.36. The van der Waals surface area contributed by atoms with Crippen LogP contribution in [0.1, 0.15) is 34.7 Å². The van der Waals surface area contributed by atoms with Gasteiger partial charge in [0.25, 0.3) is 0 Å². The lowest BCUT2D eigenvalue weighted by atomic mass is 9.92. The summed E-state index contributed by atoms with van der Waals surface area (Å²) in [6, 6.07) is 19.7. The smallest absolute Gasteiger partial charge is 0.219 e. The Morgan fingerprint density at radius 3 is 2.89 bits per heavy atom. The monoisotopic (exact) mass is 507 g/mol. The van der Waals surface area contributed by atoms with Crippen molar-refractivity contribution >= 4 is 22.7 Å². The SMILES string of the molecule is N#C/N=c1\[nH]c2cc(/C=C3\c4ccccc4COc4cc(F)ccc43)ccc2n1[C@H]1C[C@@H]2COCCN2C1. The van der Waals surface area contributed by atoms with Gasteiger partial charge in [-0.1, -0.05) is 30.3 Å². The first kappa shape index (κ1) is 23.0. The largest absolute Gasteiger partial charge is 0.488 e. The molecule has 0 aliphatic carbocycles. The molecule has 4 heterocycles. The van der Waals surface area contributed by atoms with Gasteiger partial charge in [0.05, 0.1) is 30.3 Å². The minimum absolute atomic E-state index is 0.208. The van der Waals surface area contributed by atoms with Crippen LogP contribution in [0.4, 0.5) is 4.39 Å². The highest BCUT2D eigenvalue weighted by atomic mass is 19.1. The van der Waals surface area contributed by atoms with Gasteiger partial charge in [0.15, 0.2) is 0 Å². The van der Waals surface area contributed by atoms with Crippen molar-refractivity contribution < 1.29 is 13.9 Å². The van der Waals surface area contributed by atoms with Gasteiger partial charge in [0, 0.05) is 30.8 Å². The van der Waals surface area contributed by atoms with E-state index in [1.165, 1.54) is 12.1 Å². The van der Waals surface area contributed by atoms with Crippen LogP contribution in [-0.2, 0) is 11.3 Å². The predicted octanol–water partition coefficient (Wildman–Crippen LogP) is 4.62. The molecule has 2 saturated heterocycles. The summed E-state index contributed by atoms with van der Waals surface area (Å²) < 4.78 is 27.9. The Balaban J connectivity index is 1.35. The lowest BCUT2D eigenvalue weighted by Crippen LogP contribution is -2.40. The Morgan fingerprint density at radius 1 is 1.08 bits per heavy atom. The summed E-state index contributed by atoms with van der Waals surface area (Å²) in [7, 11) is 0. The van der Waals surface area contributed by atoms with E-state index < -0.39 is 0 Å². The molecule has 3 aromatic carbocycles. The Kier molecular flexibility index (Phi) is 5.61. The number of rotatable bonds is 2. The molecule has 38 heavy (non-hydrogen) atoms. The summed E-state index contributed by atoms with van der Waals surface area (Å²) in [6.45, 7) is 3.74. The first-order valence-electron chi connectivity index (χ1n) is 12.9. The number of benzene rings is 3. The molecule has 0 bridgehead atoms. The molecule has 0 radical (unpaired) electrons. The van der Waals surface area contributed by atoms with Gasteiger partial charge in [0.2, 0.25) is 11.8 Å². The summed E-state index contributed by atoms with van der Waals surface area (Å²) in [4.78, 5) is 9.98. The van der Waals surface area contributed by atoms with E-state index in [4.69, 9.17) is 9.47 Å². The number of imidazole rings is 1. The lowest BCUT2D eigenvalue weighted by molar-refractivity contribution is 0.0128. The van der Waals surface area contributed by atoms with E-state index in [0.29, 0.717) is 24.0 Å². The lowest BCUT2D eigenvalue weighted by Gasteiger charge is -2.28. The predicted molar refractivity (Wildman–Crippen MR) is 141 cm³/mol. The highest BCUT2D eigenvalue weighted by molar-refractivity contribution is 5.95. The molecule has 0 amide bonds. The van der Waals surface area contributed by atoms with Crippen LogP contribution in [0.25, 0.3) is 22.7 Å². The topological polar surface area (TPSA) is 78.6 Å². The molecular weight excluding hydrogens is 481 g/mol. The fraction of sp³-hybridized carbons (Fsp3) is 0.267. The van der Waals surface area contributed by atoms with Crippen molar-refractivity contribution in [2.45, 2.75) is 25.1 Å². The van der Waals surface area contributed by atoms with Crippen LogP contribution < -0.4 is 10.4 Å². The number of fused-ring (bicyclic) bond motifs is 4. The van der Waals surface area contributed by atoms with E-state index in [1.807, 2.05) is 24.4 Å². The molecule has 4 aromatic rings. The van der Waals surface area contributed by atoms with Crippen molar-refractivity contribution in [3.63, 3.8) is 0 Å². The van der Waals surface area contributed by atoms with Crippen molar-refractivity contribution in [1.82, 2.24) is 14.5 Å². The number of halogens is 1.